The topological polar surface area (TPSA) is 44.4 Å². The summed E-state index contributed by atoms with van der Waals surface area (Å²) in [7, 11) is 1.71. The molecule has 0 saturated carbocycles. The van der Waals surface area contributed by atoms with E-state index in [1.807, 2.05) is 0 Å². The van der Waals surface area contributed by atoms with Gasteiger partial charge < -0.3 is 10.6 Å². The van der Waals surface area contributed by atoms with Gasteiger partial charge in [-0.25, -0.2) is 0 Å². The number of rotatable bonds is 5. The molecule has 0 spiro atoms. The molecule has 0 bridgehead atoms. The van der Waals surface area contributed by atoms with E-state index in [1.165, 1.54) is 5.56 Å². The maximum atomic E-state index is 11.6. The normalized spacial score (nSPS) is 18.2. The molecule has 21 heavy (non-hydrogen) atoms. The Morgan fingerprint density at radius 1 is 1.33 bits per heavy atom. The highest BCUT2D eigenvalue weighted by Crippen LogP contribution is 2.21. The van der Waals surface area contributed by atoms with Crippen molar-refractivity contribution in [1.82, 2.24) is 10.2 Å². The van der Waals surface area contributed by atoms with Crippen molar-refractivity contribution in [3.05, 3.63) is 29.8 Å². The molecule has 1 aromatic rings. The average Bonchev–Trinajstić information content (AvgIpc) is 2.55. The summed E-state index contributed by atoms with van der Waals surface area (Å²) < 4.78 is 0. The van der Waals surface area contributed by atoms with Crippen LogP contribution < -0.4 is 10.6 Å². The first kappa shape index (κ1) is 16.2. The molecule has 1 unspecified atom stereocenters. The van der Waals surface area contributed by atoms with Crippen molar-refractivity contribution in [2.45, 2.75) is 31.7 Å². The smallest absolute Gasteiger partial charge is 0.222 e. The fourth-order valence-electron chi connectivity index (χ4n) is 2.69. The fourth-order valence-corrected chi connectivity index (χ4v) is 3.07. The third kappa shape index (κ3) is 4.38. The molecular weight excluding hydrogens is 282 g/mol. The summed E-state index contributed by atoms with van der Waals surface area (Å²) in [6.07, 6.45) is 2.85. The first-order valence-electron chi connectivity index (χ1n) is 7.63. The Kier molecular flexibility index (Phi) is 5.94. The number of hydrogen-bond donors (Lipinski definition) is 3. The van der Waals surface area contributed by atoms with Crippen LogP contribution in [0.3, 0.4) is 0 Å². The van der Waals surface area contributed by atoms with E-state index < -0.39 is 0 Å². The fraction of sp³-hybridized carbons (Fsp3) is 0.562. The third-order valence-electron chi connectivity index (χ3n) is 4.15. The van der Waals surface area contributed by atoms with Gasteiger partial charge in [0.25, 0.3) is 0 Å². The maximum absolute atomic E-state index is 11.6. The molecule has 0 aliphatic carbocycles. The highest BCUT2D eigenvalue weighted by molar-refractivity contribution is 7.81. The van der Waals surface area contributed by atoms with Gasteiger partial charge in [0.2, 0.25) is 5.91 Å². The van der Waals surface area contributed by atoms with Crippen molar-refractivity contribution in [2.24, 2.45) is 5.92 Å². The van der Waals surface area contributed by atoms with Crippen molar-refractivity contribution in [2.75, 3.05) is 25.5 Å². The van der Waals surface area contributed by atoms with Gasteiger partial charge in [0.05, 0.1) is 0 Å². The van der Waals surface area contributed by atoms with Crippen molar-refractivity contribution < 1.29 is 4.79 Å². The lowest BCUT2D eigenvalue weighted by atomic mass is 9.96. The van der Waals surface area contributed by atoms with E-state index >= 15 is 0 Å². The molecule has 2 N–H and O–H groups in total. The summed E-state index contributed by atoms with van der Waals surface area (Å²) in [4.78, 5) is 13.9. The average molecular weight is 307 g/mol. The largest absolute Gasteiger partial charge is 0.361 e. The maximum Gasteiger partial charge on any atom is 0.222 e. The zero-order valence-corrected chi connectivity index (χ0v) is 13.7. The molecule has 1 saturated heterocycles. The van der Waals surface area contributed by atoms with Crippen LogP contribution in [0.4, 0.5) is 5.69 Å². The number of nitrogens with zero attached hydrogens (tertiary/aromatic N) is 1. The minimum absolute atomic E-state index is 0.0110. The summed E-state index contributed by atoms with van der Waals surface area (Å²) in [5.41, 5.74) is 2.41. The number of carbonyl (C=O) groups excluding carboxylic acids is 1. The molecule has 0 aromatic heterocycles. The molecule has 1 aliphatic rings. The van der Waals surface area contributed by atoms with Gasteiger partial charge in [-0.2, -0.15) is 0 Å². The van der Waals surface area contributed by atoms with Crippen LogP contribution in [-0.4, -0.2) is 36.4 Å². The monoisotopic (exact) mass is 307 g/mol. The second kappa shape index (κ2) is 7.71. The van der Waals surface area contributed by atoms with Crippen LogP contribution in [0.15, 0.2) is 24.3 Å². The van der Waals surface area contributed by atoms with E-state index in [1.54, 1.807) is 7.05 Å². The Balaban J connectivity index is 1.84. The van der Waals surface area contributed by atoms with Gasteiger partial charge >= 0.3 is 0 Å². The number of anilines is 1. The molecule has 116 valence electrons. The number of piperidine rings is 1. The Morgan fingerprint density at radius 2 is 1.95 bits per heavy atom. The molecule has 2 rings (SSSR count). The number of likely N-dealkylation sites (tertiary alicyclic amines) is 1. The lowest BCUT2D eigenvalue weighted by Crippen LogP contribution is -2.45. The van der Waals surface area contributed by atoms with Gasteiger partial charge in [0.1, 0.15) is 5.50 Å². The zero-order valence-electron chi connectivity index (χ0n) is 12.8. The first-order chi connectivity index (χ1) is 10.1. The second-order valence-corrected chi connectivity index (χ2v) is 5.98. The molecule has 0 radical (unpaired) electrons. The van der Waals surface area contributed by atoms with Crippen molar-refractivity contribution >= 4 is 24.2 Å². The number of carbonyl (C=O) groups is 1. The first-order valence-corrected chi connectivity index (χ1v) is 8.15. The van der Waals surface area contributed by atoms with E-state index in [0.29, 0.717) is 0 Å². The number of hydrogen-bond acceptors (Lipinski definition) is 4. The summed E-state index contributed by atoms with van der Waals surface area (Å²) in [6.45, 7) is 3.94. The molecule has 1 aromatic carbocycles. The minimum atomic E-state index is -0.0110. The minimum Gasteiger partial charge on any atom is -0.361 e. The van der Waals surface area contributed by atoms with E-state index in [0.717, 1.165) is 38.0 Å². The standard InChI is InChI=1S/C16H25N3OS/c1-3-12-4-6-14(7-5-12)18-16(21)19-10-8-13(9-11-19)15(20)17-2/h4-7,13,16,18,21H,3,8-11H2,1-2H3,(H,17,20). The number of nitrogens with one attached hydrogen (secondary N) is 2. The summed E-state index contributed by atoms with van der Waals surface area (Å²) >= 11 is 4.65. The van der Waals surface area contributed by atoms with Crippen LogP contribution in [-0.2, 0) is 11.2 Å². The number of thiol groups is 1. The number of benzene rings is 1. The molecular formula is C16H25N3OS. The Labute approximate surface area is 132 Å². The van der Waals surface area contributed by atoms with Crippen molar-refractivity contribution in [3.63, 3.8) is 0 Å². The van der Waals surface area contributed by atoms with Crippen LogP contribution >= 0.6 is 12.6 Å². The molecule has 4 nitrogen and oxygen atoms in total. The van der Waals surface area contributed by atoms with Crippen LogP contribution in [0.2, 0.25) is 0 Å². The molecule has 1 amide bonds. The van der Waals surface area contributed by atoms with E-state index in [9.17, 15) is 4.79 Å². The van der Waals surface area contributed by atoms with Gasteiger partial charge in [0.15, 0.2) is 0 Å². The molecule has 5 heteroatoms. The quantitative estimate of drug-likeness (QED) is 0.578. The van der Waals surface area contributed by atoms with Gasteiger partial charge in [-0.1, -0.05) is 19.1 Å². The van der Waals surface area contributed by atoms with Crippen molar-refractivity contribution in [1.29, 1.82) is 0 Å². The summed E-state index contributed by atoms with van der Waals surface area (Å²) in [6, 6.07) is 8.47. The van der Waals surface area contributed by atoms with Gasteiger partial charge in [-0.15, -0.1) is 12.6 Å². The highest BCUT2D eigenvalue weighted by atomic mass is 32.1. The Bertz CT molecular complexity index is 455. The molecule has 1 aliphatic heterocycles. The van der Waals surface area contributed by atoms with Gasteiger partial charge in [-0.3, -0.25) is 9.69 Å². The summed E-state index contributed by atoms with van der Waals surface area (Å²) in [5.74, 6) is 0.309. The van der Waals surface area contributed by atoms with E-state index in [-0.39, 0.29) is 17.3 Å². The van der Waals surface area contributed by atoms with Crippen LogP contribution in [0.1, 0.15) is 25.3 Å². The number of aryl methyl sites for hydroxylation is 1. The van der Waals surface area contributed by atoms with Gasteiger partial charge in [-0.05, 0) is 37.0 Å². The molecule has 1 fully saturated rings. The molecule has 1 atom stereocenters. The second-order valence-electron chi connectivity index (χ2n) is 5.49. The predicted molar refractivity (Wildman–Crippen MR) is 90.6 cm³/mol. The van der Waals surface area contributed by atoms with Crippen molar-refractivity contribution in [3.8, 4) is 0 Å². The lowest BCUT2D eigenvalue weighted by Gasteiger charge is -2.35. The zero-order chi connectivity index (χ0) is 15.2. The third-order valence-corrected chi connectivity index (χ3v) is 4.61. The molecule has 1 heterocycles. The van der Waals surface area contributed by atoms with E-state index in [4.69, 9.17) is 0 Å². The summed E-state index contributed by atoms with van der Waals surface area (Å²) in [5, 5.41) is 6.15. The highest BCUT2D eigenvalue weighted by Gasteiger charge is 2.26. The van der Waals surface area contributed by atoms with Crippen LogP contribution in [0.25, 0.3) is 0 Å². The van der Waals surface area contributed by atoms with Gasteiger partial charge in [0, 0.05) is 31.7 Å². The number of amides is 1. The van der Waals surface area contributed by atoms with Crippen LogP contribution in [0, 0.1) is 5.92 Å². The van der Waals surface area contributed by atoms with Crippen LogP contribution in [0.5, 0.6) is 0 Å². The predicted octanol–water partition coefficient (Wildman–Crippen LogP) is 2.33. The Morgan fingerprint density at radius 3 is 2.48 bits per heavy atom. The SMILES string of the molecule is CCc1ccc(NC(S)N2CCC(C(=O)NC)CC2)cc1. The Hall–Kier alpha value is -1.20. The van der Waals surface area contributed by atoms with E-state index in [2.05, 4.69) is 59.4 Å². The lowest BCUT2D eigenvalue weighted by molar-refractivity contribution is -0.125.